The molecule has 2 aromatic rings. The lowest BCUT2D eigenvalue weighted by atomic mass is 10.2. The van der Waals surface area contributed by atoms with Gasteiger partial charge >= 0.3 is 5.97 Å². The van der Waals surface area contributed by atoms with E-state index in [1.165, 1.54) is 35.2 Å². The summed E-state index contributed by atoms with van der Waals surface area (Å²) in [5.41, 5.74) is 1.22. The van der Waals surface area contributed by atoms with Crippen molar-refractivity contribution >= 4 is 46.3 Å². The van der Waals surface area contributed by atoms with Gasteiger partial charge in [-0.25, -0.2) is 8.78 Å². The van der Waals surface area contributed by atoms with Crippen molar-refractivity contribution in [3.05, 3.63) is 76.2 Å². The summed E-state index contributed by atoms with van der Waals surface area (Å²) in [6.45, 7) is 0.0485. The Morgan fingerprint density at radius 3 is 2.61 bits per heavy atom. The number of ether oxygens (including phenoxy) is 1. The van der Waals surface area contributed by atoms with Crippen LogP contribution in [-0.2, 0) is 20.9 Å². The number of hydrogen-bond acceptors (Lipinski definition) is 5. The fraction of sp³-hybridized carbons (Fsp3) is 0.150. The van der Waals surface area contributed by atoms with Gasteiger partial charge in [0.2, 0.25) is 0 Å². The van der Waals surface area contributed by atoms with E-state index in [0.717, 1.165) is 11.8 Å². The molecule has 28 heavy (non-hydrogen) atoms. The second-order valence-corrected chi connectivity index (χ2v) is 7.60. The lowest BCUT2D eigenvalue weighted by Gasteiger charge is -2.13. The summed E-state index contributed by atoms with van der Waals surface area (Å²) < 4.78 is 31.5. The van der Waals surface area contributed by atoms with Crippen LogP contribution in [0.4, 0.5) is 8.78 Å². The second kappa shape index (κ2) is 9.07. The van der Waals surface area contributed by atoms with Crippen LogP contribution in [0.5, 0.6) is 0 Å². The molecule has 0 bridgehead atoms. The van der Waals surface area contributed by atoms with Gasteiger partial charge in [0.1, 0.15) is 22.6 Å². The molecule has 8 heteroatoms. The maximum atomic E-state index is 13.1. The Hall–Kier alpha value is -2.58. The summed E-state index contributed by atoms with van der Waals surface area (Å²) in [5, 5.41) is 0. The van der Waals surface area contributed by atoms with Crippen LogP contribution in [0.2, 0.25) is 0 Å². The Bertz CT molecular complexity index is 945. The maximum absolute atomic E-state index is 13.1. The summed E-state index contributed by atoms with van der Waals surface area (Å²) in [5.74, 6) is -1.58. The molecule has 0 atom stereocenters. The van der Waals surface area contributed by atoms with Crippen LogP contribution < -0.4 is 0 Å². The molecule has 1 amide bonds. The Morgan fingerprint density at radius 2 is 1.89 bits per heavy atom. The lowest BCUT2D eigenvalue weighted by Crippen LogP contribution is -2.30. The molecule has 0 unspecified atom stereocenters. The van der Waals surface area contributed by atoms with E-state index in [-0.39, 0.29) is 31.3 Å². The number of amides is 1. The Labute approximate surface area is 170 Å². The predicted molar refractivity (Wildman–Crippen MR) is 107 cm³/mol. The Balaban J connectivity index is 1.54. The van der Waals surface area contributed by atoms with Crippen LogP contribution in [0.1, 0.15) is 17.5 Å². The zero-order chi connectivity index (χ0) is 20.1. The summed E-state index contributed by atoms with van der Waals surface area (Å²) in [6.07, 6.45) is 1.59. The first kappa shape index (κ1) is 20.2. The van der Waals surface area contributed by atoms with Gasteiger partial charge in [0.15, 0.2) is 0 Å². The largest absolute Gasteiger partial charge is 0.461 e. The zero-order valence-corrected chi connectivity index (χ0v) is 16.2. The quantitative estimate of drug-likeness (QED) is 0.397. The van der Waals surface area contributed by atoms with Crippen LogP contribution in [0.25, 0.3) is 6.08 Å². The van der Waals surface area contributed by atoms with E-state index in [1.54, 1.807) is 24.3 Å². The van der Waals surface area contributed by atoms with Crippen LogP contribution >= 0.6 is 24.0 Å². The van der Waals surface area contributed by atoms with Gasteiger partial charge in [-0.05, 0) is 41.5 Å². The average molecular weight is 419 g/mol. The fourth-order valence-corrected chi connectivity index (χ4v) is 3.78. The van der Waals surface area contributed by atoms with Gasteiger partial charge in [0, 0.05) is 6.54 Å². The van der Waals surface area contributed by atoms with Crippen molar-refractivity contribution < 1.29 is 23.1 Å². The first-order valence-electron chi connectivity index (χ1n) is 8.33. The molecule has 1 heterocycles. The summed E-state index contributed by atoms with van der Waals surface area (Å²) in [4.78, 5) is 26.2. The van der Waals surface area contributed by atoms with Crippen LogP contribution in [0.3, 0.4) is 0 Å². The van der Waals surface area contributed by atoms with Crippen molar-refractivity contribution in [2.75, 3.05) is 6.54 Å². The minimum atomic E-state index is -0.513. The van der Waals surface area contributed by atoms with Crippen molar-refractivity contribution in [1.82, 2.24) is 4.90 Å². The van der Waals surface area contributed by atoms with Gasteiger partial charge in [0.25, 0.3) is 5.91 Å². The monoisotopic (exact) mass is 419 g/mol. The SMILES string of the molecule is O=C(CCN1C(=O)/C(=C\c2ccc(F)cc2)SC1=S)OCc1cccc(F)c1. The third-order valence-corrected chi connectivity index (χ3v) is 5.25. The first-order chi connectivity index (χ1) is 13.4. The summed E-state index contributed by atoms with van der Waals surface area (Å²) in [7, 11) is 0. The minimum Gasteiger partial charge on any atom is -0.461 e. The van der Waals surface area contributed by atoms with E-state index in [9.17, 15) is 18.4 Å². The molecule has 1 aliphatic rings. The number of carbonyl (C=O) groups excluding carboxylic acids is 2. The van der Waals surface area contributed by atoms with Crippen LogP contribution in [0.15, 0.2) is 53.4 Å². The van der Waals surface area contributed by atoms with Crippen molar-refractivity contribution in [2.24, 2.45) is 0 Å². The lowest BCUT2D eigenvalue weighted by molar-refractivity contribution is -0.145. The summed E-state index contributed by atoms with van der Waals surface area (Å²) >= 11 is 6.34. The van der Waals surface area contributed by atoms with E-state index < -0.39 is 11.8 Å². The van der Waals surface area contributed by atoms with Gasteiger partial charge < -0.3 is 4.74 Å². The number of esters is 1. The van der Waals surface area contributed by atoms with Crippen molar-refractivity contribution in [3.63, 3.8) is 0 Å². The molecule has 1 aliphatic heterocycles. The van der Waals surface area contributed by atoms with Gasteiger partial charge in [0.05, 0.1) is 11.3 Å². The van der Waals surface area contributed by atoms with E-state index in [0.29, 0.717) is 20.4 Å². The highest BCUT2D eigenvalue weighted by atomic mass is 32.2. The molecule has 0 saturated carbocycles. The number of carbonyl (C=O) groups is 2. The molecular weight excluding hydrogens is 404 g/mol. The van der Waals surface area contributed by atoms with Crippen LogP contribution in [-0.4, -0.2) is 27.6 Å². The second-order valence-electron chi connectivity index (χ2n) is 5.93. The molecule has 2 aromatic carbocycles. The standard InChI is InChI=1S/C20H15F2NO3S2/c21-15-6-4-13(5-7-15)11-17-19(25)23(20(27)28-17)9-8-18(24)26-12-14-2-1-3-16(22)10-14/h1-7,10-11H,8-9,12H2/b17-11+. The molecular formula is C20H15F2NO3S2. The number of rotatable bonds is 6. The minimum absolute atomic E-state index is 0.0361. The number of hydrogen-bond donors (Lipinski definition) is 0. The van der Waals surface area contributed by atoms with Gasteiger partial charge in [-0.2, -0.15) is 0 Å². The van der Waals surface area contributed by atoms with E-state index in [4.69, 9.17) is 17.0 Å². The highest BCUT2D eigenvalue weighted by Gasteiger charge is 2.32. The molecule has 0 N–H and O–H groups in total. The normalized spacial score (nSPS) is 15.4. The van der Waals surface area contributed by atoms with Crippen molar-refractivity contribution in [2.45, 2.75) is 13.0 Å². The molecule has 1 saturated heterocycles. The van der Waals surface area contributed by atoms with E-state index in [1.807, 2.05) is 0 Å². The van der Waals surface area contributed by atoms with Gasteiger partial charge in [-0.1, -0.05) is 48.2 Å². The molecule has 0 aromatic heterocycles. The molecule has 1 fully saturated rings. The van der Waals surface area contributed by atoms with Gasteiger partial charge in [-0.3, -0.25) is 14.5 Å². The zero-order valence-electron chi connectivity index (χ0n) is 14.6. The van der Waals surface area contributed by atoms with E-state index >= 15 is 0 Å². The van der Waals surface area contributed by atoms with Gasteiger partial charge in [-0.15, -0.1) is 0 Å². The van der Waals surface area contributed by atoms with Crippen molar-refractivity contribution in [3.8, 4) is 0 Å². The average Bonchev–Trinajstić information content (AvgIpc) is 2.93. The first-order valence-corrected chi connectivity index (χ1v) is 9.56. The molecule has 0 radical (unpaired) electrons. The predicted octanol–water partition coefficient (Wildman–Crippen LogP) is 4.30. The number of thiocarbonyl (C=S) groups is 1. The molecule has 0 aliphatic carbocycles. The number of halogens is 2. The third-order valence-electron chi connectivity index (χ3n) is 3.87. The van der Waals surface area contributed by atoms with E-state index in [2.05, 4.69) is 0 Å². The third kappa shape index (κ3) is 5.24. The highest BCUT2D eigenvalue weighted by molar-refractivity contribution is 8.26. The topological polar surface area (TPSA) is 46.6 Å². The number of thioether (sulfide) groups is 1. The number of nitrogens with zero attached hydrogens (tertiary/aromatic N) is 1. The molecule has 144 valence electrons. The Morgan fingerprint density at radius 1 is 1.14 bits per heavy atom. The van der Waals surface area contributed by atoms with Crippen molar-refractivity contribution in [1.29, 1.82) is 0 Å². The van der Waals surface area contributed by atoms with Crippen LogP contribution in [0, 0.1) is 11.6 Å². The Kier molecular flexibility index (Phi) is 6.53. The summed E-state index contributed by atoms with van der Waals surface area (Å²) in [6, 6.07) is 11.5. The molecule has 0 spiro atoms. The maximum Gasteiger partial charge on any atom is 0.307 e. The fourth-order valence-electron chi connectivity index (χ4n) is 2.47. The smallest absolute Gasteiger partial charge is 0.307 e. The highest BCUT2D eigenvalue weighted by Crippen LogP contribution is 2.32. The molecule has 3 rings (SSSR count). The number of benzene rings is 2. The molecule has 4 nitrogen and oxygen atoms in total.